The van der Waals surface area contributed by atoms with E-state index in [1.807, 2.05) is 25.1 Å². The number of aryl methyl sites for hydroxylation is 1. The standard InChI is InChI=1S/C7H8O.C3H7N/c1-6-4-2-3-5-7(6)8;1-2-3-4/h2-5,8H,1H3;2H,1,3-4H2. The average molecular weight is 165 g/mol. The summed E-state index contributed by atoms with van der Waals surface area (Å²) in [6, 6.07) is 7.25. The molecule has 0 fully saturated rings. The molecule has 0 atom stereocenters. The summed E-state index contributed by atoms with van der Waals surface area (Å²) in [6.07, 6.45) is 1.65. The fourth-order valence-electron chi connectivity index (χ4n) is 0.563. The second-order valence-electron chi connectivity index (χ2n) is 2.31. The first-order chi connectivity index (χ1) is 5.72. The van der Waals surface area contributed by atoms with Gasteiger partial charge < -0.3 is 10.8 Å². The fraction of sp³-hybridized carbons (Fsp3) is 0.200. The first-order valence-corrected chi connectivity index (χ1v) is 3.78. The van der Waals surface area contributed by atoms with Crippen LogP contribution in [0.25, 0.3) is 0 Å². The van der Waals surface area contributed by atoms with Crippen LogP contribution in [0, 0.1) is 6.92 Å². The van der Waals surface area contributed by atoms with Crippen molar-refractivity contribution in [1.29, 1.82) is 0 Å². The molecule has 0 unspecified atom stereocenters. The molecule has 2 heteroatoms. The zero-order chi connectivity index (χ0) is 9.40. The first-order valence-electron chi connectivity index (χ1n) is 3.78. The van der Waals surface area contributed by atoms with Crippen LogP contribution in [0.4, 0.5) is 0 Å². The predicted molar refractivity (Wildman–Crippen MR) is 52.1 cm³/mol. The summed E-state index contributed by atoms with van der Waals surface area (Å²) in [5, 5.41) is 8.92. The number of nitrogens with two attached hydrogens (primary N) is 1. The van der Waals surface area contributed by atoms with Gasteiger partial charge in [-0.2, -0.15) is 0 Å². The van der Waals surface area contributed by atoms with Gasteiger partial charge in [0.2, 0.25) is 0 Å². The number of hydrogen-bond donors (Lipinski definition) is 2. The third-order valence-corrected chi connectivity index (χ3v) is 1.28. The Morgan fingerprint density at radius 3 is 2.25 bits per heavy atom. The smallest absolute Gasteiger partial charge is 0.118 e. The summed E-state index contributed by atoms with van der Waals surface area (Å²) in [4.78, 5) is 0. The Bertz CT molecular complexity index is 212. The monoisotopic (exact) mass is 165 g/mol. The molecular weight excluding hydrogens is 150 g/mol. The third kappa shape index (κ3) is 4.52. The lowest BCUT2D eigenvalue weighted by Crippen LogP contribution is -1.90. The number of hydrogen-bond acceptors (Lipinski definition) is 2. The molecule has 0 radical (unpaired) electrons. The molecule has 0 spiro atoms. The number of para-hydroxylation sites is 1. The van der Waals surface area contributed by atoms with Gasteiger partial charge in [-0.25, -0.2) is 0 Å². The minimum Gasteiger partial charge on any atom is -0.508 e. The van der Waals surface area contributed by atoms with E-state index in [1.165, 1.54) is 0 Å². The van der Waals surface area contributed by atoms with Crippen molar-refractivity contribution < 1.29 is 5.11 Å². The number of aromatic hydroxyl groups is 1. The topological polar surface area (TPSA) is 46.2 Å². The van der Waals surface area contributed by atoms with Gasteiger partial charge in [-0.15, -0.1) is 6.58 Å². The van der Waals surface area contributed by atoms with E-state index in [0.717, 1.165) is 5.56 Å². The first kappa shape index (κ1) is 10.7. The van der Waals surface area contributed by atoms with Crippen LogP contribution in [0.3, 0.4) is 0 Å². The van der Waals surface area contributed by atoms with Gasteiger partial charge >= 0.3 is 0 Å². The van der Waals surface area contributed by atoms with E-state index in [4.69, 9.17) is 10.8 Å². The molecule has 0 aliphatic rings. The highest BCUT2D eigenvalue weighted by Gasteiger charge is 1.86. The van der Waals surface area contributed by atoms with Gasteiger partial charge in [-0.1, -0.05) is 24.3 Å². The number of phenolic OH excluding ortho intramolecular Hbond substituents is 1. The summed E-state index contributed by atoms with van der Waals surface area (Å²) in [6.45, 7) is 5.81. The molecule has 0 aromatic heterocycles. The zero-order valence-electron chi connectivity index (χ0n) is 7.33. The quantitative estimate of drug-likeness (QED) is 0.624. The SMILES string of the molecule is C=CCN.Cc1ccccc1O. The second kappa shape index (κ2) is 6.43. The van der Waals surface area contributed by atoms with Crippen molar-refractivity contribution in [2.75, 3.05) is 6.54 Å². The molecule has 1 aromatic carbocycles. The van der Waals surface area contributed by atoms with E-state index in [9.17, 15) is 0 Å². The Morgan fingerprint density at radius 2 is 2.00 bits per heavy atom. The molecule has 66 valence electrons. The molecule has 0 bridgehead atoms. The van der Waals surface area contributed by atoms with Crippen LogP contribution in [0.2, 0.25) is 0 Å². The molecule has 0 aliphatic carbocycles. The van der Waals surface area contributed by atoms with Gasteiger partial charge in [0.25, 0.3) is 0 Å². The van der Waals surface area contributed by atoms with Crippen molar-refractivity contribution in [3.8, 4) is 5.75 Å². The van der Waals surface area contributed by atoms with Crippen LogP contribution in [0.1, 0.15) is 5.56 Å². The van der Waals surface area contributed by atoms with Gasteiger partial charge in [0.15, 0.2) is 0 Å². The minimum atomic E-state index is 0.368. The van der Waals surface area contributed by atoms with Gasteiger partial charge in [0.05, 0.1) is 0 Å². The van der Waals surface area contributed by atoms with Crippen molar-refractivity contribution >= 4 is 0 Å². The molecular formula is C10H15NO. The Morgan fingerprint density at radius 1 is 1.50 bits per heavy atom. The van der Waals surface area contributed by atoms with E-state index in [0.29, 0.717) is 12.3 Å². The normalized spacial score (nSPS) is 8.17. The van der Waals surface area contributed by atoms with Gasteiger partial charge in [0, 0.05) is 6.54 Å². The van der Waals surface area contributed by atoms with Crippen molar-refractivity contribution in [3.63, 3.8) is 0 Å². The predicted octanol–water partition coefficient (Wildman–Crippen LogP) is 1.83. The molecule has 0 saturated heterocycles. The third-order valence-electron chi connectivity index (χ3n) is 1.28. The van der Waals surface area contributed by atoms with E-state index in [-0.39, 0.29) is 0 Å². The minimum absolute atomic E-state index is 0.368. The fourth-order valence-corrected chi connectivity index (χ4v) is 0.563. The number of rotatable bonds is 1. The maximum absolute atomic E-state index is 8.92. The van der Waals surface area contributed by atoms with Gasteiger partial charge in [0.1, 0.15) is 5.75 Å². The summed E-state index contributed by atoms with van der Waals surface area (Å²) >= 11 is 0. The molecule has 3 N–H and O–H groups in total. The lowest BCUT2D eigenvalue weighted by Gasteiger charge is -1.92. The molecule has 1 rings (SSSR count). The van der Waals surface area contributed by atoms with E-state index in [1.54, 1.807) is 12.1 Å². The Hall–Kier alpha value is -1.28. The molecule has 0 aliphatic heterocycles. The summed E-state index contributed by atoms with van der Waals surface area (Å²) < 4.78 is 0. The van der Waals surface area contributed by atoms with Crippen LogP contribution in [0.15, 0.2) is 36.9 Å². The molecule has 0 saturated carbocycles. The van der Waals surface area contributed by atoms with Crippen molar-refractivity contribution in [1.82, 2.24) is 0 Å². The maximum atomic E-state index is 8.92. The molecule has 2 nitrogen and oxygen atoms in total. The Kier molecular flexibility index (Phi) is 5.75. The zero-order valence-corrected chi connectivity index (χ0v) is 7.33. The average Bonchev–Trinajstić information content (AvgIpc) is 2.11. The van der Waals surface area contributed by atoms with Crippen LogP contribution < -0.4 is 5.73 Å². The number of benzene rings is 1. The highest BCUT2D eigenvalue weighted by Crippen LogP contribution is 2.12. The molecule has 0 amide bonds. The van der Waals surface area contributed by atoms with Gasteiger partial charge in [-0.3, -0.25) is 0 Å². The highest BCUT2D eigenvalue weighted by molar-refractivity contribution is 5.29. The Balaban J connectivity index is 0.000000261. The summed E-state index contributed by atoms with van der Waals surface area (Å²) in [7, 11) is 0. The summed E-state index contributed by atoms with van der Waals surface area (Å²) in [5.74, 6) is 0.368. The van der Waals surface area contributed by atoms with Crippen molar-refractivity contribution in [2.24, 2.45) is 5.73 Å². The van der Waals surface area contributed by atoms with Crippen molar-refractivity contribution in [3.05, 3.63) is 42.5 Å². The highest BCUT2D eigenvalue weighted by atomic mass is 16.3. The lowest BCUT2D eigenvalue weighted by atomic mass is 10.2. The molecule has 1 aromatic rings. The van der Waals surface area contributed by atoms with E-state index >= 15 is 0 Å². The summed E-state index contributed by atoms with van der Waals surface area (Å²) in [5.41, 5.74) is 5.83. The van der Waals surface area contributed by atoms with E-state index < -0.39 is 0 Å². The number of phenols is 1. The molecule has 12 heavy (non-hydrogen) atoms. The van der Waals surface area contributed by atoms with Crippen LogP contribution in [-0.2, 0) is 0 Å². The largest absolute Gasteiger partial charge is 0.508 e. The lowest BCUT2D eigenvalue weighted by molar-refractivity contribution is 0.471. The van der Waals surface area contributed by atoms with E-state index in [2.05, 4.69) is 6.58 Å². The van der Waals surface area contributed by atoms with Crippen molar-refractivity contribution in [2.45, 2.75) is 6.92 Å². The molecule has 0 heterocycles. The Labute approximate surface area is 73.3 Å². The second-order valence-corrected chi connectivity index (χ2v) is 2.31. The van der Waals surface area contributed by atoms with Crippen LogP contribution in [0.5, 0.6) is 5.75 Å². The van der Waals surface area contributed by atoms with Crippen LogP contribution in [-0.4, -0.2) is 11.7 Å². The van der Waals surface area contributed by atoms with Gasteiger partial charge in [-0.05, 0) is 18.6 Å². The van der Waals surface area contributed by atoms with Crippen LogP contribution >= 0.6 is 0 Å². The maximum Gasteiger partial charge on any atom is 0.118 e.